The molecule has 0 aliphatic carbocycles. The fourth-order valence-electron chi connectivity index (χ4n) is 15.5. The minimum Gasteiger partial charge on any atom is -0.370 e. The van der Waals surface area contributed by atoms with Gasteiger partial charge in [0.2, 0.25) is 112 Å². The highest BCUT2D eigenvalue weighted by Gasteiger charge is 2.40. The van der Waals surface area contributed by atoms with Gasteiger partial charge in [-0.05, 0) is 253 Å². The van der Waals surface area contributed by atoms with Gasteiger partial charge in [0.05, 0.1) is 12.6 Å². The summed E-state index contributed by atoms with van der Waals surface area (Å²) in [5, 5.41) is 43.6. The van der Waals surface area contributed by atoms with Crippen molar-refractivity contribution >= 4 is 112 Å². The van der Waals surface area contributed by atoms with Crippen LogP contribution in [0.25, 0.3) is 0 Å². The topological polar surface area (TPSA) is 763 Å². The molecule has 0 radical (unpaired) electrons. The highest BCUT2D eigenvalue weighted by molar-refractivity contribution is 6.01. The second-order valence-electron chi connectivity index (χ2n) is 40.4. The number of primary amides is 2. The van der Waals surface area contributed by atoms with Crippen LogP contribution in [0.15, 0.2) is 0 Å². The van der Waals surface area contributed by atoms with Gasteiger partial charge in [0.25, 0.3) is 0 Å². The minimum absolute atomic E-state index is 0.0150. The van der Waals surface area contributed by atoms with E-state index < -0.39 is 223 Å². The maximum absolute atomic E-state index is 15.0. The van der Waals surface area contributed by atoms with Crippen molar-refractivity contribution in [2.45, 2.75) is 400 Å². The monoisotopic (exact) mass is 2000 g/mol. The van der Waals surface area contributed by atoms with Gasteiger partial charge in [-0.15, -0.1) is 0 Å². The molecule has 19 amide bonds. The van der Waals surface area contributed by atoms with Gasteiger partial charge in [0, 0.05) is 25.8 Å². The average Bonchev–Trinajstić information content (AvgIpc) is 0.851. The van der Waals surface area contributed by atoms with Gasteiger partial charge in [-0.2, -0.15) is 0 Å². The molecule has 0 aromatic carbocycles. The molecule has 0 aromatic heterocycles. The first kappa shape index (κ1) is 131. The Hall–Kier alpha value is -10.3. The molecule has 0 saturated carbocycles. The van der Waals surface area contributed by atoms with Crippen LogP contribution < -0.4 is 142 Å². The first-order chi connectivity index (χ1) is 66.4. The lowest BCUT2D eigenvalue weighted by atomic mass is 9.98. The van der Waals surface area contributed by atoms with Crippen LogP contribution in [0.5, 0.6) is 0 Å². The number of unbranched alkanes of at least 4 members (excludes halogenated alkanes) is 7. The van der Waals surface area contributed by atoms with Gasteiger partial charge in [0.1, 0.15) is 84.6 Å². The summed E-state index contributed by atoms with van der Waals surface area (Å²) in [7, 11) is 0. The molecule has 0 heterocycles. The molecule has 0 saturated heterocycles. The third-order valence-electron chi connectivity index (χ3n) is 23.0. The zero-order valence-corrected chi connectivity index (χ0v) is 87.1. The van der Waals surface area contributed by atoms with Crippen LogP contribution in [0.4, 0.5) is 0 Å². The molecule has 0 fully saturated rings. The molecular formula is C96H182N26O19. The molecule has 0 unspecified atom stereocenters. The Morgan fingerprint density at radius 2 is 0.404 bits per heavy atom. The predicted molar refractivity (Wildman–Crippen MR) is 539 cm³/mol. The molecular weight excluding hydrogens is 1820 g/mol. The van der Waals surface area contributed by atoms with Crippen molar-refractivity contribution in [1.82, 2.24) is 90.5 Å². The Morgan fingerprint density at radius 1 is 0.206 bits per heavy atom. The standard InChI is InChI=1S/C96H182N26O19/c1-55(2)46-63(102)82(127)108-65(31-20-25-41-98)84(129)110-67(33-22-27-43-100)86(131)115-75(51-60(11)12)94(139)121-74(50-59(9)10)93(138)114-70(37-39-79(104)124)89(134)118-77(53-62(15)16)96(141)119-72(48-57(5)6)91(136)112-66(32-21-26-42-99)85(130)111-68(34-23-28-44-101)87(132)116-76(52-61(13)14)95(140)120-73(49-58(7)8)92(137)113-69(36-38-78(103)123)88(133)117-71(47-56(3)4)90(135)109-64(30-19-24-40-97)83(128)107-54-81(126)106-45-29-17-18-35-80(125)122-105/h55-77H,17-54,97-102,105H2,1-16H3,(H2,103,123)(H2,104,124)(H,106,126)(H,107,128)(H,108,127)(H,109,135)(H,110,129)(H,111,130)(H,112,136)(H,113,137)(H,114,138)(H,115,131)(H,116,132)(H,117,133)(H,118,134)(H,119,141)(H,120,140)(H,121,139)(H,122,125)/t63-,64-,65-,66-,67-,68-,69-,70-,71-,72-,73-,74-,75-,76-,77-/m0/s1. The Kier molecular flexibility index (Phi) is 68.3. The van der Waals surface area contributed by atoms with Gasteiger partial charge in [0.15, 0.2) is 0 Å². The van der Waals surface area contributed by atoms with E-state index in [1.807, 2.05) is 27.7 Å². The number of hydrogen-bond acceptors (Lipinski definition) is 26. The molecule has 0 bridgehead atoms. The van der Waals surface area contributed by atoms with Gasteiger partial charge in [-0.25, -0.2) is 5.84 Å². The van der Waals surface area contributed by atoms with E-state index >= 15 is 0 Å². The lowest BCUT2D eigenvalue weighted by Crippen LogP contribution is -2.61. The normalized spacial score (nSPS) is 14.7. The lowest BCUT2D eigenvalue weighted by molar-refractivity contribution is -0.137. The summed E-state index contributed by atoms with van der Waals surface area (Å²) in [5.74, 6) is -11.4. The fraction of sp³-hybridized carbons (Fsp3) is 0.802. The predicted octanol–water partition coefficient (Wildman–Crippen LogP) is -1.57. The number of carbonyl (C=O) groups excluding carboxylic acids is 19. The molecule has 15 atom stereocenters. The molecule has 810 valence electrons. The fourth-order valence-corrected chi connectivity index (χ4v) is 15.5. The first-order valence-corrected chi connectivity index (χ1v) is 51.0. The SMILES string of the molecule is CC(C)C[C@H](NC(=O)[C@H](CCC(N)=O)NC(=O)[C@H](CC(C)C)NC(=O)[C@H](CC(C)C)NC(=O)[C@H](CCCCN)NC(=O)[C@H](CCCCN)NC(=O)[C@H](CC(C)C)NC(=O)[C@H](CC(C)C)NC(=O)[C@H](CCC(N)=O)NC(=O)[C@H](CC(C)C)NC(=O)[C@H](CC(C)C)NC(=O)[C@H](CCCCN)NC(=O)[C@H](CCCCN)NC(=O)[C@@H](N)CC(C)C)C(=O)N[C@@H](CCCCN)C(=O)NCC(=O)NCCCCCC(=O)NN. The van der Waals surface area contributed by atoms with Crippen LogP contribution in [0, 0.1) is 47.3 Å². The van der Waals surface area contributed by atoms with E-state index in [4.69, 9.17) is 51.7 Å². The highest BCUT2D eigenvalue weighted by atomic mass is 16.2. The van der Waals surface area contributed by atoms with Crippen molar-refractivity contribution < 1.29 is 91.1 Å². The molecule has 45 nitrogen and oxygen atoms in total. The zero-order valence-electron chi connectivity index (χ0n) is 87.1. The van der Waals surface area contributed by atoms with Crippen molar-refractivity contribution in [3.63, 3.8) is 0 Å². The van der Waals surface area contributed by atoms with Crippen LogP contribution >= 0.6 is 0 Å². The maximum atomic E-state index is 15.0. The van der Waals surface area contributed by atoms with E-state index in [9.17, 15) is 91.1 Å². The van der Waals surface area contributed by atoms with E-state index in [1.54, 1.807) is 83.1 Å². The van der Waals surface area contributed by atoms with E-state index in [2.05, 4.69) is 90.5 Å². The summed E-state index contributed by atoms with van der Waals surface area (Å²) in [5.41, 5.74) is 48.8. The minimum atomic E-state index is -1.58. The number of hydrogen-bond donors (Lipinski definition) is 26. The van der Waals surface area contributed by atoms with Gasteiger partial charge < -0.3 is 131 Å². The van der Waals surface area contributed by atoms with E-state index in [0.29, 0.717) is 83.6 Å². The van der Waals surface area contributed by atoms with Crippen LogP contribution in [0.2, 0.25) is 0 Å². The summed E-state index contributed by atoms with van der Waals surface area (Å²) >= 11 is 0. The molecule has 0 spiro atoms. The number of carbonyl (C=O) groups is 19. The van der Waals surface area contributed by atoms with Crippen LogP contribution in [0.1, 0.15) is 310 Å². The highest BCUT2D eigenvalue weighted by Crippen LogP contribution is 2.20. The Balaban J connectivity index is 7.45. The molecule has 45 heteroatoms. The third kappa shape index (κ3) is 59.4. The molecule has 0 aromatic rings. The largest absolute Gasteiger partial charge is 0.370 e. The van der Waals surface area contributed by atoms with Crippen molar-refractivity contribution in [2.24, 2.45) is 99.1 Å². The lowest BCUT2D eigenvalue weighted by Gasteiger charge is -2.30. The average molecular weight is 2000 g/mol. The summed E-state index contributed by atoms with van der Waals surface area (Å²) < 4.78 is 0. The zero-order chi connectivity index (χ0) is 107. The smallest absolute Gasteiger partial charge is 0.243 e. The van der Waals surface area contributed by atoms with E-state index in [-0.39, 0.29) is 189 Å². The summed E-state index contributed by atoms with van der Waals surface area (Å²) in [6.07, 6.45) is 4.89. The van der Waals surface area contributed by atoms with Crippen molar-refractivity contribution in [3.05, 3.63) is 0 Å². The summed E-state index contributed by atoms with van der Waals surface area (Å²) in [6.45, 7) is 29.8. The second-order valence-corrected chi connectivity index (χ2v) is 40.4. The van der Waals surface area contributed by atoms with E-state index in [1.165, 1.54) is 0 Å². The Labute approximate surface area is 835 Å². The molecule has 0 aliphatic rings. The van der Waals surface area contributed by atoms with E-state index in [0.717, 1.165) is 0 Å². The maximum Gasteiger partial charge on any atom is 0.243 e. The van der Waals surface area contributed by atoms with Gasteiger partial charge in [-0.1, -0.05) is 117 Å². The number of amides is 19. The van der Waals surface area contributed by atoms with Crippen LogP contribution in [-0.2, 0) is 91.1 Å². The second kappa shape index (κ2) is 73.7. The third-order valence-corrected chi connectivity index (χ3v) is 23.0. The number of rotatable bonds is 79. The summed E-state index contributed by atoms with van der Waals surface area (Å²) in [4.78, 5) is 267. The molecule has 0 rings (SSSR count). The summed E-state index contributed by atoms with van der Waals surface area (Å²) in [6, 6.07) is -20.0. The van der Waals surface area contributed by atoms with Gasteiger partial charge in [-0.3, -0.25) is 96.5 Å². The Morgan fingerprint density at radius 3 is 0.610 bits per heavy atom. The van der Waals surface area contributed by atoms with Crippen molar-refractivity contribution in [2.75, 3.05) is 45.8 Å². The quantitative estimate of drug-likeness (QED) is 0.0142. The molecule has 141 heavy (non-hydrogen) atoms. The molecule has 35 N–H and O–H groups in total. The van der Waals surface area contributed by atoms with Gasteiger partial charge >= 0.3 is 0 Å². The number of nitrogens with one attached hydrogen (secondary N) is 17. The number of hydrazine groups is 1. The van der Waals surface area contributed by atoms with Crippen LogP contribution in [-0.4, -0.2) is 249 Å². The molecule has 0 aliphatic heterocycles. The van der Waals surface area contributed by atoms with Crippen molar-refractivity contribution in [1.29, 1.82) is 0 Å². The van der Waals surface area contributed by atoms with Crippen molar-refractivity contribution in [3.8, 4) is 0 Å². The number of nitrogens with two attached hydrogens (primary N) is 9. The first-order valence-electron chi connectivity index (χ1n) is 51.0. The van der Waals surface area contributed by atoms with Crippen LogP contribution in [0.3, 0.4) is 0 Å². The Bertz CT molecular complexity index is 3840.